The number of hydrogen-bond acceptors (Lipinski definition) is 2. The number of allylic oxidation sites excluding steroid dienone is 7. The Morgan fingerprint density at radius 2 is 1.71 bits per heavy atom. The smallest absolute Gasteiger partial charge is 0.233 e. The van der Waals surface area contributed by atoms with E-state index in [1.54, 1.807) is 6.08 Å². The van der Waals surface area contributed by atoms with Gasteiger partial charge in [-0.25, -0.2) is 0 Å². The molecule has 1 aromatic rings. The van der Waals surface area contributed by atoms with Crippen LogP contribution in [0.4, 0.5) is 0 Å². The summed E-state index contributed by atoms with van der Waals surface area (Å²) in [6.07, 6.45) is 2.71. The van der Waals surface area contributed by atoms with E-state index in [1.165, 1.54) is 0 Å². The molecule has 0 radical (unpaired) electrons. The molecule has 2 aliphatic carbocycles. The molecule has 1 aliphatic heterocycles. The summed E-state index contributed by atoms with van der Waals surface area (Å²) >= 11 is 47.0. The Morgan fingerprint density at radius 1 is 1.00 bits per heavy atom. The van der Waals surface area contributed by atoms with Crippen molar-refractivity contribution in [1.29, 1.82) is 0 Å². The first-order valence-electron chi connectivity index (χ1n) is 10.7. The summed E-state index contributed by atoms with van der Waals surface area (Å²) in [6.45, 7) is 3.85. The molecule has 1 aromatic carbocycles. The average molecular weight is 632 g/mol. The largest absolute Gasteiger partial charge is 0.435 e. The highest BCUT2D eigenvalue weighted by atomic mass is 35.5. The number of benzene rings is 1. The van der Waals surface area contributed by atoms with Crippen molar-refractivity contribution in [3.8, 4) is 0 Å². The van der Waals surface area contributed by atoms with Crippen molar-refractivity contribution < 1.29 is 9.05 Å². The van der Waals surface area contributed by atoms with E-state index in [1.807, 2.05) is 30.3 Å². The van der Waals surface area contributed by atoms with Crippen LogP contribution in [-0.2, 0) is 15.5 Å². The minimum absolute atomic E-state index is 0.150. The van der Waals surface area contributed by atoms with Gasteiger partial charge in [0.05, 0.1) is 20.5 Å². The molecule has 0 aromatic heterocycles. The number of fused-ring (bicyclic) bond motifs is 2. The SMILES string of the molecule is C=CCC1=C(Cl)C(Cl)C/C2=C3\C(Cl)=C(Cl)C(Cc4ccccc4)=C(Cl)C3OP(CCCl)OC(Cl)=C12. The van der Waals surface area contributed by atoms with Crippen molar-refractivity contribution in [3.63, 3.8) is 0 Å². The zero-order valence-corrected chi connectivity index (χ0v) is 24.5. The lowest BCUT2D eigenvalue weighted by atomic mass is 9.81. The van der Waals surface area contributed by atoms with Gasteiger partial charge in [-0.15, -0.1) is 29.8 Å². The van der Waals surface area contributed by atoms with Crippen LogP contribution < -0.4 is 0 Å². The molecule has 2 nitrogen and oxygen atoms in total. The summed E-state index contributed by atoms with van der Waals surface area (Å²) < 4.78 is 12.5. The Kier molecular flexibility index (Phi) is 9.70. The Labute approximate surface area is 241 Å². The normalized spacial score (nSPS) is 27.3. The molecule has 0 bridgehead atoms. The first-order valence-corrected chi connectivity index (χ1v) is 14.9. The third-order valence-corrected chi connectivity index (χ3v) is 10.3. The van der Waals surface area contributed by atoms with Crippen LogP contribution in [0.5, 0.6) is 0 Å². The van der Waals surface area contributed by atoms with Crippen molar-refractivity contribution in [2.75, 3.05) is 12.0 Å². The van der Waals surface area contributed by atoms with E-state index in [4.69, 9.17) is 90.3 Å². The molecule has 0 amide bonds. The lowest BCUT2D eigenvalue weighted by molar-refractivity contribution is 0.261. The van der Waals surface area contributed by atoms with E-state index >= 15 is 0 Å². The van der Waals surface area contributed by atoms with Crippen molar-refractivity contribution in [3.05, 3.63) is 102 Å². The Morgan fingerprint density at radius 3 is 2.37 bits per heavy atom. The first kappa shape index (κ1) is 27.9. The highest BCUT2D eigenvalue weighted by molar-refractivity contribution is 7.47. The summed E-state index contributed by atoms with van der Waals surface area (Å²) in [4.78, 5) is 0. The van der Waals surface area contributed by atoms with Crippen LogP contribution in [0.15, 0.2) is 96.2 Å². The van der Waals surface area contributed by atoms with E-state index < -0.39 is 19.9 Å². The van der Waals surface area contributed by atoms with Crippen LogP contribution in [-0.4, -0.2) is 23.5 Å². The topological polar surface area (TPSA) is 18.5 Å². The molecule has 186 valence electrons. The van der Waals surface area contributed by atoms with Gasteiger partial charge in [-0.3, -0.25) is 0 Å². The second-order valence-electron chi connectivity index (χ2n) is 7.97. The summed E-state index contributed by atoms with van der Waals surface area (Å²) in [5, 5.41) is 1.27. The fourth-order valence-electron chi connectivity index (χ4n) is 4.24. The summed E-state index contributed by atoms with van der Waals surface area (Å²) in [5.74, 6) is 0.312. The second-order valence-corrected chi connectivity index (χ2v) is 12.3. The molecule has 3 atom stereocenters. The van der Waals surface area contributed by atoms with Crippen LogP contribution >= 0.6 is 89.6 Å². The van der Waals surface area contributed by atoms with E-state index in [0.29, 0.717) is 68.2 Å². The van der Waals surface area contributed by atoms with Gasteiger partial charge in [-0.2, -0.15) is 0 Å². The van der Waals surface area contributed by atoms with Crippen LogP contribution in [0.25, 0.3) is 0 Å². The monoisotopic (exact) mass is 628 g/mol. The van der Waals surface area contributed by atoms with Gasteiger partial charge in [0, 0.05) is 34.6 Å². The average Bonchev–Trinajstić information content (AvgIpc) is 2.83. The second kappa shape index (κ2) is 12.2. The van der Waals surface area contributed by atoms with Gasteiger partial charge in [0.1, 0.15) is 6.10 Å². The zero-order chi connectivity index (χ0) is 25.3. The Hall–Kier alpha value is -0.120. The third kappa shape index (κ3) is 5.68. The lowest BCUT2D eigenvalue weighted by Gasteiger charge is -2.37. The first-order chi connectivity index (χ1) is 16.8. The van der Waals surface area contributed by atoms with Gasteiger partial charge in [0.25, 0.3) is 0 Å². The molecule has 0 fully saturated rings. The van der Waals surface area contributed by atoms with E-state index in [-0.39, 0.29) is 5.22 Å². The maximum absolute atomic E-state index is 7.02. The van der Waals surface area contributed by atoms with E-state index in [9.17, 15) is 0 Å². The van der Waals surface area contributed by atoms with Gasteiger partial charge in [-0.1, -0.05) is 82.8 Å². The molecular weight excluding hydrogens is 611 g/mol. The van der Waals surface area contributed by atoms with Gasteiger partial charge < -0.3 is 9.05 Å². The van der Waals surface area contributed by atoms with Crippen LogP contribution in [0, 0.1) is 0 Å². The van der Waals surface area contributed by atoms with Gasteiger partial charge in [0.2, 0.25) is 13.6 Å². The quantitative estimate of drug-likeness (QED) is 0.177. The van der Waals surface area contributed by atoms with Crippen LogP contribution in [0.3, 0.4) is 0 Å². The number of hydrogen-bond donors (Lipinski definition) is 0. The number of rotatable bonds is 6. The molecular formula is C25H20Cl7O2P. The summed E-state index contributed by atoms with van der Waals surface area (Å²) in [6, 6.07) is 9.86. The summed E-state index contributed by atoms with van der Waals surface area (Å²) in [5.41, 5.74) is 4.43. The molecule has 3 unspecified atom stereocenters. The van der Waals surface area contributed by atoms with Gasteiger partial charge in [0.15, 0.2) is 0 Å². The Bertz CT molecular complexity index is 1180. The van der Waals surface area contributed by atoms with Crippen LogP contribution in [0.1, 0.15) is 18.4 Å². The molecule has 3 aliphatic rings. The summed E-state index contributed by atoms with van der Waals surface area (Å²) in [7, 11) is -1.55. The van der Waals surface area contributed by atoms with Crippen LogP contribution in [0.2, 0.25) is 0 Å². The van der Waals surface area contributed by atoms with E-state index in [0.717, 1.165) is 16.7 Å². The highest BCUT2D eigenvalue weighted by Crippen LogP contribution is 2.57. The molecule has 4 rings (SSSR count). The van der Waals surface area contributed by atoms with Gasteiger partial charge in [-0.05, 0) is 46.7 Å². The fraction of sp³-hybridized carbons (Fsp3) is 0.280. The maximum atomic E-state index is 7.02. The Balaban J connectivity index is 1.95. The van der Waals surface area contributed by atoms with Crippen molar-refractivity contribution in [1.82, 2.24) is 0 Å². The van der Waals surface area contributed by atoms with Crippen molar-refractivity contribution in [2.45, 2.75) is 30.7 Å². The van der Waals surface area contributed by atoms with Crippen molar-refractivity contribution >= 4 is 89.6 Å². The number of halogens is 7. The minimum atomic E-state index is -1.55. The minimum Gasteiger partial charge on any atom is -0.435 e. The predicted octanol–water partition coefficient (Wildman–Crippen LogP) is 10.2. The zero-order valence-electron chi connectivity index (χ0n) is 18.3. The fourth-order valence-corrected chi connectivity index (χ4v) is 7.76. The molecule has 0 saturated carbocycles. The highest BCUT2D eigenvalue weighted by Gasteiger charge is 2.42. The standard InChI is InChI=1S/C25H20Cl7O2P/c1-2-6-14-18-15(12-17(27)20(14)28)19-23(31)21(29)16(11-13-7-4-3-5-8-13)22(30)24(19)33-35(10-9-26)34-25(18)32/h2-5,7-8,17,24H,1,6,9-12H2/b19-15-,25-18?. The lowest BCUT2D eigenvalue weighted by Crippen LogP contribution is -2.28. The number of alkyl halides is 2. The molecule has 1 heterocycles. The van der Waals surface area contributed by atoms with Crippen molar-refractivity contribution in [2.24, 2.45) is 0 Å². The molecule has 35 heavy (non-hydrogen) atoms. The molecule has 10 heteroatoms. The molecule has 0 spiro atoms. The predicted molar refractivity (Wildman–Crippen MR) is 152 cm³/mol. The van der Waals surface area contributed by atoms with Gasteiger partial charge >= 0.3 is 0 Å². The third-order valence-electron chi connectivity index (χ3n) is 5.79. The molecule has 0 saturated heterocycles. The van der Waals surface area contributed by atoms with E-state index in [2.05, 4.69) is 6.58 Å². The maximum Gasteiger partial charge on any atom is 0.233 e. The molecule has 0 N–H and O–H groups in total.